The molecule has 0 N–H and O–H groups in total. The SMILES string of the molecule is COc1cc(-c2cccc3c2CCO[C@H]3CN(C)C(=O)OC(C)(C)C)ccn1. The molecule has 0 aliphatic carbocycles. The number of carbonyl (C=O) groups is 1. The Morgan fingerprint density at radius 3 is 2.82 bits per heavy atom. The molecule has 0 saturated heterocycles. The number of benzene rings is 1. The van der Waals surface area contributed by atoms with Gasteiger partial charge in [0.05, 0.1) is 20.3 Å². The van der Waals surface area contributed by atoms with Gasteiger partial charge in [0.1, 0.15) is 11.7 Å². The molecule has 28 heavy (non-hydrogen) atoms. The monoisotopic (exact) mass is 384 g/mol. The highest BCUT2D eigenvalue weighted by Gasteiger charge is 2.27. The van der Waals surface area contributed by atoms with E-state index < -0.39 is 5.60 Å². The number of hydrogen-bond donors (Lipinski definition) is 0. The quantitative estimate of drug-likeness (QED) is 0.789. The molecule has 0 unspecified atom stereocenters. The molecule has 2 aromatic rings. The maximum atomic E-state index is 12.3. The molecule has 2 heterocycles. The minimum absolute atomic E-state index is 0.190. The summed E-state index contributed by atoms with van der Waals surface area (Å²) < 4.78 is 16.7. The first kappa shape index (κ1) is 20.1. The number of carbonyl (C=O) groups excluding carboxylic acids is 1. The Morgan fingerprint density at radius 1 is 1.32 bits per heavy atom. The molecule has 0 bridgehead atoms. The molecule has 6 nitrogen and oxygen atoms in total. The molecule has 1 aromatic carbocycles. The van der Waals surface area contributed by atoms with Crippen molar-refractivity contribution in [1.82, 2.24) is 9.88 Å². The molecule has 1 atom stereocenters. The Labute approximate surface area is 166 Å². The summed E-state index contributed by atoms with van der Waals surface area (Å²) in [6, 6.07) is 10.1. The number of methoxy groups -OCH3 is 1. The minimum atomic E-state index is -0.524. The van der Waals surface area contributed by atoms with E-state index in [4.69, 9.17) is 14.2 Å². The van der Waals surface area contributed by atoms with Crippen LogP contribution in [-0.4, -0.2) is 48.9 Å². The van der Waals surface area contributed by atoms with Crippen molar-refractivity contribution in [1.29, 1.82) is 0 Å². The highest BCUT2D eigenvalue weighted by Crippen LogP contribution is 2.35. The van der Waals surface area contributed by atoms with Crippen LogP contribution in [0.25, 0.3) is 11.1 Å². The van der Waals surface area contributed by atoms with Crippen molar-refractivity contribution < 1.29 is 19.0 Å². The average Bonchev–Trinajstić information content (AvgIpc) is 2.66. The van der Waals surface area contributed by atoms with Gasteiger partial charge in [0.2, 0.25) is 5.88 Å². The van der Waals surface area contributed by atoms with Gasteiger partial charge in [0, 0.05) is 19.3 Å². The van der Waals surface area contributed by atoms with Crippen molar-refractivity contribution >= 4 is 6.09 Å². The van der Waals surface area contributed by atoms with Crippen LogP contribution in [0.1, 0.15) is 38.0 Å². The van der Waals surface area contributed by atoms with Gasteiger partial charge >= 0.3 is 6.09 Å². The van der Waals surface area contributed by atoms with Crippen molar-refractivity contribution in [3.63, 3.8) is 0 Å². The zero-order valence-corrected chi connectivity index (χ0v) is 17.2. The Balaban J connectivity index is 1.85. The fourth-order valence-electron chi connectivity index (χ4n) is 3.35. The van der Waals surface area contributed by atoms with E-state index in [1.54, 1.807) is 25.3 Å². The van der Waals surface area contributed by atoms with E-state index in [0.717, 1.165) is 23.1 Å². The number of ether oxygens (including phenoxy) is 3. The zero-order valence-electron chi connectivity index (χ0n) is 17.2. The summed E-state index contributed by atoms with van der Waals surface area (Å²) in [6.07, 6.45) is 2.03. The highest BCUT2D eigenvalue weighted by atomic mass is 16.6. The Hall–Kier alpha value is -2.60. The number of rotatable bonds is 4. The number of fused-ring (bicyclic) bond motifs is 1. The molecule has 0 saturated carbocycles. The third-order valence-electron chi connectivity index (χ3n) is 4.63. The average molecular weight is 384 g/mol. The fraction of sp³-hybridized carbons (Fsp3) is 0.455. The van der Waals surface area contributed by atoms with Gasteiger partial charge in [0.15, 0.2) is 0 Å². The summed E-state index contributed by atoms with van der Waals surface area (Å²) in [7, 11) is 3.35. The van der Waals surface area contributed by atoms with Gasteiger partial charge in [-0.3, -0.25) is 0 Å². The lowest BCUT2D eigenvalue weighted by Gasteiger charge is -2.32. The number of aromatic nitrogens is 1. The van der Waals surface area contributed by atoms with Crippen LogP contribution in [0.5, 0.6) is 5.88 Å². The van der Waals surface area contributed by atoms with Crippen LogP contribution in [0.3, 0.4) is 0 Å². The van der Waals surface area contributed by atoms with E-state index in [1.165, 1.54) is 5.56 Å². The second-order valence-corrected chi connectivity index (χ2v) is 7.93. The lowest BCUT2D eigenvalue weighted by molar-refractivity contribution is -0.00157. The van der Waals surface area contributed by atoms with Gasteiger partial charge < -0.3 is 19.1 Å². The topological polar surface area (TPSA) is 60.9 Å². The number of amides is 1. The first-order chi connectivity index (χ1) is 13.3. The van der Waals surface area contributed by atoms with Crippen LogP contribution in [0, 0.1) is 0 Å². The van der Waals surface area contributed by atoms with Gasteiger partial charge in [-0.1, -0.05) is 18.2 Å². The van der Waals surface area contributed by atoms with Gasteiger partial charge in [0.25, 0.3) is 0 Å². The van der Waals surface area contributed by atoms with Crippen molar-refractivity contribution in [3.8, 4) is 17.0 Å². The van der Waals surface area contributed by atoms with Crippen molar-refractivity contribution in [2.75, 3.05) is 27.3 Å². The predicted molar refractivity (Wildman–Crippen MR) is 107 cm³/mol. The van der Waals surface area contributed by atoms with Crippen molar-refractivity contribution in [2.24, 2.45) is 0 Å². The molecule has 0 fully saturated rings. The Bertz CT molecular complexity index is 845. The number of nitrogens with zero attached hydrogens (tertiary/aromatic N) is 2. The summed E-state index contributed by atoms with van der Waals surface area (Å²) in [5.74, 6) is 0.586. The number of pyridine rings is 1. The molecule has 6 heteroatoms. The number of likely N-dealkylation sites (N-methyl/N-ethyl adjacent to an activating group) is 1. The molecule has 1 aliphatic rings. The highest BCUT2D eigenvalue weighted by molar-refractivity contribution is 5.70. The Kier molecular flexibility index (Phi) is 5.89. The summed E-state index contributed by atoms with van der Waals surface area (Å²) in [6.45, 7) is 6.63. The van der Waals surface area contributed by atoms with E-state index in [9.17, 15) is 4.79 Å². The fourth-order valence-corrected chi connectivity index (χ4v) is 3.35. The van der Waals surface area contributed by atoms with Crippen molar-refractivity contribution in [3.05, 3.63) is 47.7 Å². The van der Waals surface area contributed by atoms with Crippen LogP contribution >= 0.6 is 0 Å². The van der Waals surface area contributed by atoms with Gasteiger partial charge in [-0.25, -0.2) is 9.78 Å². The molecule has 1 aromatic heterocycles. The first-order valence-electron chi connectivity index (χ1n) is 9.46. The van der Waals surface area contributed by atoms with E-state index >= 15 is 0 Å². The van der Waals surface area contributed by atoms with E-state index in [1.807, 2.05) is 39.0 Å². The molecule has 1 aliphatic heterocycles. The van der Waals surface area contributed by atoms with Gasteiger partial charge in [-0.2, -0.15) is 0 Å². The van der Waals surface area contributed by atoms with Crippen LogP contribution in [-0.2, 0) is 15.9 Å². The third kappa shape index (κ3) is 4.62. The molecular formula is C22H28N2O4. The second kappa shape index (κ2) is 8.19. The maximum Gasteiger partial charge on any atom is 0.410 e. The molecule has 0 radical (unpaired) electrons. The second-order valence-electron chi connectivity index (χ2n) is 7.93. The third-order valence-corrected chi connectivity index (χ3v) is 4.63. The molecule has 150 valence electrons. The van der Waals surface area contributed by atoms with Crippen molar-refractivity contribution in [2.45, 2.75) is 38.9 Å². The smallest absolute Gasteiger partial charge is 0.410 e. The van der Waals surface area contributed by atoms with E-state index in [2.05, 4.69) is 17.1 Å². The van der Waals surface area contributed by atoms with Gasteiger partial charge in [-0.05, 0) is 55.5 Å². The molecule has 1 amide bonds. The van der Waals surface area contributed by atoms with Crippen LogP contribution < -0.4 is 4.74 Å². The van der Waals surface area contributed by atoms with E-state index in [0.29, 0.717) is 19.0 Å². The van der Waals surface area contributed by atoms with Crippen LogP contribution in [0.4, 0.5) is 4.79 Å². The minimum Gasteiger partial charge on any atom is -0.481 e. The van der Waals surface area contributed by atoms with E-state index in [-0.39, 0.29) is 12.2 Å². The summed E-state index contributed by atoms with van der Waals surface area (Å²) in [5.41, 5.74) is 4.03. The van der Waals surface area contributed by atoms with Gasteiger partial charge in [-0.15, -0.1) is 0 Å². The molecule has 3 rings (SSSR count). The van der Waals surface area contributed by atoms with Crippen LogP contribution in [0.15, 0.2) is 36.5 Å². The normalized spacial score (nSPS) is 16.2. The summed E-state index contributed by atoms with van der Waals surface area (Å²) in [4.78, 5) is 18.1. The van der Waals surface area contributed by atoms with Crippen LogP contribution in [0.2, 0.25) is 0 Å². The largest absolute Gasteiger partial charge is 0.481 e. The first-order valence-corrected chi connectivity index (χ1v) is 9.46. The Morgan fingerprint density at radius 2 is 2.11 bits per heavy atom. The predicted octanol–water partition coefficient (Wildman–Crippen LogP) is 4.24. The maximum absolute atomic E-state index is 12.3. The zero-order chi connectivity index (χ0) is 20.3. The number of hydrogen-bond acceptors (Lipinski definition) is 5. The summed E-state index contributed by atoms with van der Waals surface area (Å²) >= 11 is 0. The molecular weight excluding hydrogens is 356 g/mol. The lowest BCUT2D eigenvalue weighted by atomic mass is 9.89. The molecule has 0 spiro atoms. The lowest BCUT2D eigenvalue weighted by Crippen LogP contribution is -2.38. The standard InChI is InChI=1S/C22H28N2O4/c1-22(2,3)28-21(25)24(4)14-19-18-8-6-7-16(17(18)10-12-27-19)15-9-11-23-20(13-15)26-5/h6-9,11,13,19H,10,12,14H2,1-5H3/t19-/m0/s1. The summed E-state index contributed by atoms with van der Waals surface area (Å²) in [5, 5.41) is 0.